The summed E-state index contributed by atoms with van der Waals surface area (Å²) in [7, 11) is 0. The third-order valence-electron chi connectivity index (χ3n) is 0.451. The van der Waals surface area contributed by atoms with Crippen LogP contribution >= 0.6 is 0 Å². The van der Waals surface area contributed by atoms with Crippen LogP contribution in [0.2, 0.25) is 4.94 Å². The molecule has 0 aromatic rings. The van der Waals surface area contributed by atoms with Gasteiger partial charge in [0.2, 0.25) is 0 Å². The van der Waals surface area contributed by atoms with E-state index in [9.17, 15) is 0 Å². The molecule has 0 N–H and O–H groups in total. The molecule has 0 saturated carbocycles. The fourth-order valence-electron chi connectivity index (χ4n) is 0.204. The van der Waals surface area contributed by atoms with Crippen LogP contribution in [0.5, 0.6) is 0 Å². The summed E-state index contributed by atoms with van der Waals surface area (Å²) in [6.07, 6.45) is 1.18. The van der Waals surface area contributed by atoms with Gasteiger partial charge in [0.25, 0.3) is 0 Å². The van der Waals surface area contributed by atoms with Crippen molar-refractivity contribution in [2.45, 2.75) is 18.3 Å². The Morgan fingerprint density at radius 1 is 1.67 bits per heavy atom. The molecular weight excluding hydrogens is 183 g/mol. The standard InChI is InChI=1S/C3H7O.CH3.Sn/c1-2-3-4;;/h2-3H2,1H3;1H3;/q-1;;+1. The van der Waals surface area contributed by atoms with Crippen LogP contribution in [0.15, 0.2) is 0 Å². The van der Waals surface area contributed by atoms with Gasteiger partial charge in [-0.1, -0.05) is 0 Å². The Bertz CT molecular complexity index is 19.5. The second-order valence-corrected chi connectivity index (χ2v) is 3.04. The second kappa shape index (κ2) is 5.76. The molecule has 0 aliphatic carbocycles. The van der Waals surface area contributed by atoms with Crippen LogP contribution in [0, 0.1) is 0 Å². The first kappa shape index (κ1) is 6.76. The maximum atomic E-state index is 5.15. The molecule has 0 spiro atoms. The average molecular weight is 193 g/mol. The Hall–Kier alpha value is 0.759. The Labute approximate surface area is 49.8 Å². The van der Waals surface area contributed by atoms with Crippen molar-refractivity contribution in [2.75, 3.05) is 6.61 Å². The quantitative estimate of drug-likeness (QED) is 0.481. The first-order chi connectivity index (χ1) is 2.91. The predicted octanol–water partition coefficient (Wildman–Crippen LogP) is 1.08. The van der Waals surface area contributed by atoms with Gasteiger partial charge in [0, 0.05) is 0 Å². The molecule has 0 aromatic carbocycles. The fourth-order valence-corrected chi connectivity index (χ4v) is 1.37. The zero-order valence-electron chi connectivity index (χ0n) is 4.32. The van der Waals surface area contributed by atoms with Gasteiger partial charge < -0.3 is 0 Å². The summed E-state index contributed by atoms with van der Waals surface area (Å²) in [5.74, 6) is 0. The zero-order chi connectivity index (χ0) is 4.83. The Morgan fingerprint density at radius 2 is 2.33 bits per heavy atom. The molecule has 0 saturated heterocycles. The van der Waals surface area contributed by atoms with E-state index >= 15 is 0 Å². The van der Waals surface area contributed by atoms with Gasteiger partial charge in [-0.3, -0.25) is 0 Å². The van der Waals surface area contributed by atoms with Gasteiger partial charge in [0.1, 0.15) is 0 Å². The molecule has 36 valence electrons. The molecule has 2 heteroatoms. The fraction of sp³-hybridized carbons (Fsp3) is 1.00. The van der Waals surface area contributed by atoms with Gasteiger partial charge in [0.15, 0.2) is 0 Å². The average Bonchev–Trinajstić information content (AvgIpc) is 1.61. The predicted molar refractivity (Wildman–Crippen MR) is 27.9 cm³/mol. The van der Waals surface area contributed by atoms with Crippen LogP contribution in [0.4, 0.5) is 0 Å². The number of hydrogen-bond acceptors (Lipinski definition) is 1. The van der Waals surface area contributed by atoms with Crippen LogP contribution in [-0.2, 0) is 3.07 Å². The Balaban J connectivity index is 2.34. The molecule has 0 heterocycles. The molecule has 0 aliphatic heterocycles. The summed E-state index contributed by atoms with van der Waals surface area (Å²) in [6, 6.07) is 0. The van der Waals surface area contributed by atoms with Gasteiger partial charge in [-0.2, -0.15) is 0 Å². The van der Waals surface area contributed by atoms with Gasteiger partial charge in [-0.15, -0.1) is 0 Å². The first-order valence-electron chi connectivity index (χ1n) is 2.20. The van der Waals surface area contributed by atoms with Crippen molar-refractivity contribution in [1.29, 1.82) is 0 Å². The molecule has 0 aromatic heterocycles. The topological polar surface area (TPSA) is 9.23 Å². The molecule has 0 atom stereocenters. The van der Waals surface area contributed by atoms with Gasteiger partial charge in [-0.25, -0.2) is 0 Å². The summed E-state index contributed by atoms with van der Waals surface area (Å²) in [5, 5.41) is 0. The van der Waals surface area contributed by atoms with Crippen molar-refractivity contribution in [3.05, 3.63) is 0 Å². The number of hydrogen-bond donors (Lipinski definition) is 0. The van der Waals surface area contributed by atoms with Crippen molar-refractivity contribution in [3.8, 4) is 0 Å². The molecule has 0 rings (SSSR count). The molecule has 0 aliphatic rings. The van der Waals surface area contributed by atoms with E-state index in [1.165, 1.54) is 6.42 Å². The van der Waals surface area contributed by atoms with E-state index in [-0.39, 0.29) is 21.6 Å². The van der Waals surface area contributed by atoms with E-state index in [2.05, 4.69) is 11.9 Å². The SMILES string of the molecule is CCC[O][Sn][CH3]. The van der Waals surface area contributed by atoms with E-state index in [1.807, 2.05) is 0 Å². The van der Waals surface area contributed by atoms with E-state index < -0.39 is 0 Å². The zero-order valence-corrected chi connectivity index (χ0v) is 7.18. The summed E-state index contributed by atoms with van der Waals surface area (Å²) in [6.45, 7) is 3.12. The normalized spacial score (nSPS) is 9.00. The molecule has 0 unspecified atom stereocenters. The van der Waals surface area contributed by atoms with Gasteiger partial charge in [0.05, 0.1) is 0 Å². The van der Waals surface area contributed by atoms with Crippen molar-refractivity contribution < 1.29 is 3.07 Å². The summed E-state index contributed by atoms with van der Waals surface area (Å²) >= 11 is -0.310. The Kier molecular flexibility index (Phi) is 6.49. The molecule has 1 nitrogen and oxygen atoms in total. The molecule has 0 amide bonds. The van der Waals surface area contributed by atoms with Crippen LogP contribution in [-0.4, -0.2) is 28.2 Å². The molecule has 6 heavy (non-hydrogen) atoms. The van der Waals surface area contributed by atoms with Crippen molar-refractivity contribution >= 4 is 21.6 Å². The van der Waals surface area contributed by atoms with Crippen molar-refractivity contribution in [3.63, 3.8) is 0 Å². The molecule has 0 bridgehead atoms. The summed E-state index contributed by atoms with van der Waals surface area (Å²) in [4.78, 5) is 2.18. The maximum absolute atomic E-state index is 5.15. The summed E-state index contributed by atoms with van der Waals surface area (Å²) < 4.78 is 5.15. The minimum atomic E-state index is -0.310. The van der Waals surface area contributed by atoms with E-state index in [0.717, 1.165) is 6.61 Å². The molecular formula is C4H10OSn. The van der Waals surface area contributed by atoms with E-state index in [1.54, 1.807) is 0 Å². The van der Waals surface area contributed by atoms with Crippen LogP contribution in [0.25, 0.3) is 0 Å². The Morgan fingerprint density at radius 3 is 2.50 bits per heavy atom. The van der Waals surface area contributed by atoms with Crippen LogP contribution in [0.1, 0.15) is 13.3 Å². The third-order valence-corrected chi connectivity index (χ3v) is 1.86. The summed E-state index contributed by atoms with van der Waals surface area (Å²) in [5.41, 5.74) is 0. The number of rotatable bonds is 3. The van der Waals surface area contributed by atoms with Crippen molar-refractivity contribution in [2.24, 2.45) is 0 Å². The monoisotopic (exact) mass is 194 g/mol. The van der Waals surface area contributed by atoms with E-state index in [0.29, 0.717) is 0 Å². The van der Waals surface area contributed by atoms with Gasteiger partial charge in [-0.05, 0) is 0 Å². The first-order valence-corrected chi connectivity index (χ1v) is 6.22. The van der Waals surface area contributed by atoms with E-state index in [4.69, 9.17) is 3.07 Å². The second-order valence-electron chi connectivity index (χ2n) is 1.05. The molecule has 2 radical (unpaired) electrons. The van der Waals surface area contributed by atoms with Crippen molar-refractivity contribution in [1.82, 2.24) is 0 Å². The van der Waals surface area contributed by atoms with Gasteiger partial charge >= 0.3 is 49.5 Å². The van der Waals surface area contributed by atoms with Crippen LogP contribution < -0.4 is 0 Å². The molecule has 0 fully saturated rings. The minimum absolute atomic E-state index is 0.310. The van der Waals surface area contributed by atoms with Crippen LogP contribution in [0.3, 0.4) is 0 Å². The third kappa shape index (κ3) is 4.76.